The second kappa shape index (κ2) is 7.31. The van der Waals surface area contributed by atoms with E-state index < -0.39 is 29.6 Å². The van der Waals surface area contributed by atoms with E-state index in [1.807, 2.05) is 24.3 Å². The summed E-state index contributed by atoms with van der Waals surface area (Å²) in [6, 6.07) is 14.4. The Hall–Kier alpha value is -3.28. The van der Waals surface area contributed by atoms with Gasteiger partial charge in [-0.15, -0.1) is 0 Å². The van der Waals surface area contributed by atoms with Crippen molar-refractivity contribution < 1.29 is 23.5 Å². The first-order valence-corrected chi connectivity index (χ1v) is 7.90. The van der Waals surface area contributed by atoms with Gasteiger partial charge in [-0.3, -0.25) is 4.79 Å². The number of benzene rings is 3. The van der Waals surface area contributed by atoms with Gasteiger partial charge in [0.25, 0.3) is 5.91 Å². The second-order valence-corrected chi connectivity index (χ2v) is 5.88. The van der Waals surface area contributed by atoms with Crippen LogP contribution in [0.3, 0.4) is 0 Å². The molecule has 4 nitrogen and oxygen atoms in total. The van der Waals surface area contributed by atoms with Crippen LogP contribution in [-0.2, 0) is 11.2 Å². The van der Waals surface area contributed by atoms with Crippen LogP contribution in [0.5, 0.6) is 0 Å². The highest BCUT2D eigenvalue weighted by molar-refractivity contribution is 6.00. The highest BCUT2D eigenvalue weighted by Crippen LogP contribution is 2.16. The molecule has 0 heterocycles. The van der Waals surface area contributed by atoms with Gasteiger partial charge in [0.1, 0.15) is 6.04 Å². The number of hydrogen-bond donors (Lipinski definition) is 2. The Bertz CT molecular complexity index is 988. The number of carboxylic acid groups (broad SMARTS) is 1. The zero-order valence-corrected chi connectivity index (χ0v) is 13.6. The van der Waals surface area contributed by atoms with Gasteiger partial charge in [-0.1, -0.05) is 36.4 Å². The molecule has 0 aliphatic carbocycles. The topological polar surface area (TPSA) is 66.4 Å². The van der Waals surface area contributed by atoms with E-state index in [1.165, 1.54) is 6.07 Å². The normalized spacial score (nSPS) is 11.9. The molecule has 0 radical (unpaired) electrons. The van der Waals surface area contributed by atoms with Gasteiger partial charge >= 0.3 is 5.97 Å². The Morgan fingerprint density at radius 3 is 2.35 bits per heavy atom. The molecule has 1 amide bonds. The highest BCUT2D eigenvalue weighted by Gasteiger charge is 2.22. The van der Waals surface area contributed by atoms with E-state index in [2.05, 4.69) is 5.32 Å². The summed E-state index contributed by atoms with van der Waals surface area (Å²) in [5, 5.41) is 13.6. The van der Waals surface area contributed by atoms with Crippen molar-refractivity contribution in [2.24, 2.45) is 0 Å². The first-order chi connectivity index (χ1) is 12.4. The maximum Gasteiger partial charge on any atom is 0.326 e. The van der Waals surface area contributed by atoms with Crippen molar-refractivity contribution in [3.63, 3.8) is 0 Å². The summed E-state index contributed by atoms with van der Waals surface area (Å²) in [4.78, 5) is 23.9. The Morgan fingerprint density at radius 1 is 0.923 bits per heavy atom. The number of rotatable bonds is 5. The van der Waals surface area contributed by atoms with Crippen LogP contribution in [0.1, 0.15) is 15.9 Å². The molecule has 26 heavy (non-hydrogen) atoms. The Kier molecular flexibility index (Phi) is 4.93. The van der Waals surface area contributed by atoms with Crippen molar-refractivity contribution in [2.75, 3.05) is 0 Å². The van der Waals surface area contributed by atoms with Crippen LogP contribution in [0.2, 0.25) is 0 Å². The molecule has 0 spiro atoms. The molecule has 1 atom stereocenters. The van der Waals surface area contributed by atoms with E-state index in [-0.39, 0.29) is 12.0 Å². The lowest BCUT2D eigenvalue weighted by Gasteiger charge is -2.15. The maximum atomic E-state index is 13.3. The zero-order valence-electron chi connectivity index (χ0n) is 13.6. The smallest absolute Gasteiger partial charge is 0.326 e. The van der Waals surface area contributed by atoms with Gasteiger partial charge in [0.05, 0.1) is 0 Å². The third kappa shape index (κ3) is 3.85. The van der Waals surface area contributed by atoms with E-state index in [1.54, 1.807) is 18.2 Å². The molecule has 3 rings (SSSR count). The lowest BCUT2D eigenvalue weighted by atomic mass is 10.0. The standard InChI is InChI=1S/C20H15F2NO3/c21-16-8-5-12(9-17(16)22)10-18(20(25)26)23-19(24)15-7-6-13-3-1-2-4-14(13)11-15/h1-9,11,18H,10H2,(H,23,24)(H,25,26)/t18-/m1/s1. The number of carboxylic acids is 1. The van der Waals surface area contributed by atoms with Crippen LogP contribution >= 0.6 is 0 Å². The van der Waals surface area contributed by atoms with Gasteiger partial charge in [-0.2, -0.15) is 0 Å². The molecule has 0 aliphatic heterocycles. The average Bonchev–Trinajstić information content (AvgIpc) is 2.63. The van der Waals surface area contributed by atoms with E-state index in [0.717, 1.165) is 22.9 Å². The van der Waals surface area contributed by atoms with E-state index in [4.69, 9.17) is 0 Å². The lowest BCUT2D eigenvalue weighted by molar-refractivity contribution is -0.139. The molecular weight excluding hydrogens is 340 g/mol. The number of carbonyl (C=O) groups excluding carboxylic acids is 1. The van der Waals surface area contributed by atoms with Gasteiger partial charge < -0.3 is 10.4 Å². The zero-order chi connectivity index (χ0) is 18.7. The fourth-order valence-electron chi connectivity index (χ4n) is 2.67. The monoisotopic (exact) mass is 355 g/mol. The predicted octanol–water partition coefficient (Wildman–Crippen LogP) is 3.54. The third-order valence-electron chi connectivity index (χ3n) is 4.04. The Labute approximate surface area is 148 Å². The molecule has 3 aromatic rings. The van der Waals surface area contributed by atoms with Crippen molar-refractivity contribution in [3.05, 3.63) is 83.4 Å². The molecule has 0 saturated heterocycles. The molecule has 0 fully saturated rings. The minimum absolute atomic E-state index is 0.161. The molecule has 2 N–H and O–H groups in total. The number of fused-ring (bicyclic) bond motifs is 1. The molecule has 0 aliphatic rings. The largest absolute Gasteiger partial charge is 0.480 e. The first kappa shape index (κ1) is 17.5. The van der Waals surface area contributed by atoms with Crippen LogP contribution in [0, 0.1) is 11.6 Å². The summed E-state index contributed by atoms with van der Waals surface area (Å²) in [6.45, 7) is 0. The van der Waals surface area contributed by atoms with Crippen molar-refractivity contribution in [1.29, 1.82) is 0 Å². The summed E-state index contributed by atoms with van der Waals surface area (Å²) >= 11 is 0. The fourth-order valence-corrected chi connectivity index (χ4v) is 2.67. The van der Waals surface area contributed by atoms with Crippen LogP contribution in [-0.4, -0.2) is 23.0 Å². The minimum atomic E-state index is -1.26. The molecular formula is C20H15F2NO3. The highest BCUT2D eigenvalue weighted by atomic mass is 19.2. The minimum Gasteiger partial charge on any atom is -0.480 e. The van der Waals surface area contributed by atoms with E-state index in [9.17, 15) is 23.5 Å². The van der Waals surface area contributed by atoms with Crippen molar-refractivity contribution in [1.82, 2.24) is 5.32 Å². The molecule has 0 aromatic heterocycles. The summed E-state index contributed by atoms with van der Waals surface area (Å²) in [5.41, 5.74) is 0.593. The SMILES string of the molecule is O=C(N[C@H](Cc1ccc(F)c(F)c1)C(=O)O)c1ccc2ccccc2c1. The molecule has 0 saturated carbocycles. The summed E-state index contributed by atoms with van der Waals surface area (Å²) in [6.07, 6.45) is -0.161. The lowest BCUT2D eigenvalue weighted by Crippen LogP contribution is -2.42. The maximum absolute atomic E-state index is 13.3. The first-order valence-electron chi connectivity index (χ1n) is 7.90. The van der Waals surface area contributed by atoms with Crippen molar-refractivity contribution >= 4 is 22.6 Å². The second-order valence-electron chi connectivity index (χ2n) is 5.88. The van der Waals surface area contributed by atoms with Crippen LogP contribution in [0.15, 0.2) is 60.7 Å². The van der Waals surface area contributed by atoms with Crippen LogP contribution < -0.4 is 5.32 Å². The third-order valence-corrected chi connectivity index (χ3v) is 4.04. The predicted molar refractivity (Wildman–Crippen MR) is 92.9 cm³/mol. The van der Waals surface area contributed by atoms with Gasteiger partial charge in [0.15, 0.2) is 11.6 Å². The van der Waals surface area contributed by atoms with Gasteiger partial charge in [0, 0.05) is 12.0 Å². The molecule has 6 heteroatoms. The molecule has 132 valence electrons. The quantitative estimate of drug-likeness (QED) is 0.736. The van der Waals surface area contributed by atoms with Crippen molar-refractivity contribution in [2.45, 2.75) is 12.5 Å². The van der Waals surface area contributed by atoms with Crippen molar-refractivity contribution in [3.8, 4) is 0 Å². The van der Waals surface area contributed by atoms with Gasteiger partial charge in [-0.25, -0.2) is 13.6 Å². The summed E-state index contributed by atoms with van der Waals surface area (Å²) < 4.78 is 26.3. The average molecular weight is 355 g/mol. The molecule has 0 bridgehead atoms. The number of aliphatic carboxylic acids is 1. The number of hydrogen-bond acceptors (Lipinski definition) is 2. The number of halogens is 2. The number of carbonyl (C=O) groups is 2. The van der Waals surface area contributed by atoms with Crippen LogP contribution in [0.25, 0.3) is 10.8 Å². The van der Waals surface area contributed by atoms with Gasteiger partial charge in [-0.05, 0) is 40.6 Å². The van der Waals surface area contributed by atoms with Crippen LogP contribution in [0.4, 0.5) is 8.78 Å². The fraction of sp³-hybridized carbons (Fsp3) is 0.100. The van der Waals surface area contributed by atoms with Gasteiger partial charge in [0.2, 0.25) is 0 Å². The molecule has 3 aromatic carbocycles. The summed E-state index contributed by atoms with van der Waals surface area (Å²) in [7, 11) is 0. The Balaban J connectivity index is 1.78. The summed E-state index contributed by atoms with van der Waals surface area (Å²) in [5.74, 6) is -3.89. The Morgan fingerprint density at radius 2 is 1.65 bits per heavy atom. The number of amides is 1. The molecule has 0 unspecified atom stereocenters. The van der Waals surface area contributed by atoms with E-state index in [0.29, 0.717) is 5.56 Å². The number of nitrogens with one attached hydrogen (secondary N) is 1. The van der Waals surface area contributed by atoms with E-state index >= 15 is 0 Å².